The lowest BCUT2D eigenvalue weighted by atomic mass is 10.0. The second kappa shape index (κ2) is 8.26. The lowest BCUT2D eigenvalue weighted by Gasteiger charge is -2.21. The number of hydrogen-bond donors (Lipinski definition) is 2. The van der Waals surface area contributed by atoms with Crippen LogP contribution in [0.25, 0.3) is 0 Å². The van der Waals surface area contributed by atoms with Crippen molar-refractivity contribution < 1.29 is 23.1 Å². The van der Waals surface area contributed by atoms with Gasteiger partial charge in [0.25, 0.3) is 5.91 Å². The molecule has 0 saturated carbocycles. The Labute approximate surface area is 161 Å². The fourth-order valence-corrected chi connectivity index (χ4v) is 2.77. The SMILES string of the molecule is O=C1C[C@H](c2ccc(Br)cc2)N=C(NC(=O)c2ccc(OC(F)F)cc2)N1. The Morgan fingerprint density at radius 1 is 1.19 bits per heavy atom. The summed E-state index contributed by atoms with van der Waals surface area (Å²) in [5.41, 5.74) is 1.05. The first kappa shape index (κ1) is 19.0. The summed E-state index contributed by atoms with van der Waals surface area (Å²) in [4.78, 5) is 28.6. The van der Waals surface area contributed by atoms with E-state index in [2.05, 4.69) is 36.3 Å². The number of nitrogens with zero attached hydrogens (tertiary/aromatic N) is 1. The van der Waals surface area contributed by atoms with Crippen LogP contribution in [-0.2, 0) is 4.79 Å². The van der Waals surface area contributed by atoms with Crippen LogP contribution in [0.5, 0.6) is 5.75 Å². The Morgan fingerprint density at radius 2 is 1.85 bits per heavy atom. The first-order chi connectivity index (χ1) is 12.9. The topological polar surface area (TPSA) is 79.8 Å². The summed E-state index contributed by atoms with van der Waals surface area (Å²) in [5.74, 6) is -0.819. The number of carbonyl (C=O) groups excluding carboxylic acids is 2. The number of hydrogen-bond acceptors (Lipinski definition) is 4. The smallest absolute Gasteiger partial charge is 0.387 e. The number of nitrogens with one attached hydrogen (secondary N) is 2. The number of amides is 2. The van der Waals surface area contributed by atoms with Gasteiger partial charge in [0.05, 0.1) is 12.5 Å². The van der Waals surface area contributed by atoms with E-state index in [0.29, 0.717) is 0 Å². The monoisotopic (exact) mass is 437 g/mol. The van der Waals surface area contributed by atoms with E-state index < -0.39 is 18.6 Å². The van der Waals surface area contributed by atoms with Gasteiger partial charge in [-0.15, -0.1) is 0 Å². The van der Waals surface area contributed by atoms with Crippen LogP contribution in [0, 0.1) is 0 Å². The average Bonchev–Trinajstić information content (AvgIpc) is 2.62. The van der Waals surface area contributed by atoms with Gasteiger partial charge in [-0.25, -0.2) is 4.99 Å². The summed E-state index contributed by atoms with van der Waals surface area (Å²) in [6, 6.07) is 12.2. The Bertz CT molecular complexity index is 870. The molecule has 0 radical (unpaired) electrons. The van der Waals surface area contributed by atoms with Gasteiger partial charge in [0.2, 0.25) is 11.9 Å². The summed E-state index contributed by atoms with van der Waals surface area (Å²) < 4.78 is 29.5. The number of aliphatic imine (C=N–C) groups is 1. The predicted octanol–water partition coefficient (Wildman–Crippen LogP) is 3.40. The number of halogens is 3. The Balaban J connectivity index is 1.72. The number of benzene rings is 2. The zero-order valence-electron chi connectivity index (χ0n) is 13.8. The molecule has 2 aromatic carbocycles. The van der Waals surface area contributed by atoms with E-state index in [9.17, 15) is 18.4 Å². The summed E-state index contributed by atoms with van der Waals surface area (Å²) in [7, 11) is 0. The predicted molar refractivity (Wildman–Crippen MR) is 97.6 cm³/mol. The summed E-state index contributed by atoms with van der Waals surface area (Å²) in [5, 5.41) is 5.03. The van der Waals surface area contributed by atoms with Crippen LogP contribution in [0.1, 0.15) is 28.4 Å². The number of guanidine groups is 1. The number of carbonyl (C=O) groups is 2. The van der Waals surface area contributed by atoms with Gasteiger partial charge in [-0.05, 0) is 42.0 Å². The molecule has 0 aromatic heterocycles. The van der Waals surface area contributed by atoms with Crippen LogP contribution in [0.3, 0.4) is 0 Å². The Hall–Kier alpha value is -2.81. The van der Waals surface area contributed by atoms with E-state index in [-0.39, 0.29) is 29.6 Å². The molecule has 1 atom stereocenters. The molecule has 1 aliphatic heterocycles. The second-order valence-corrected chi connectivity index (χ2v) is 6.57. The molecule has 2 N–H and O–H groups in total. The maximum atomic E-state index is 12.3. The molecule has 140 valence electrons. The fourth-order valence-electron chi connectivity index (χ4n) is 2.50. The van der Waals surface area contributed by atoms with Crippen molar-refractivity contribution in [2.45, 2.75) is 19.1 Å². The minimum absolute atomic E-state index is 0.0390. The van der Waals surface area contributed by atoms with E-state index in [1.807, 2.05) is 24.3 Å². The van der Waals surface area contributed by atoms with Crippen LogP contribution >= 0.6 is 15.9 Å². The van der Waals surface area contributed by atoms with E-state index in [4.69, 9.17) is 0 Å². The molecular formula is C18H14BrF2N3O3. The van der Waals surface area contributed by atoms with Crippen LogP contribution < -0.4 is 15.4 Å². The summed E-state index contributed by atoms with van der Waals surface area (Å²) in [6.45, 7) is -2.94. The fraction of sp³-hybridized carbons (Fsp3) is 0.167. The van der Waals surface area contributed by atoms with Crippen molar-refractivity contribution in [1.82, 2.24) is 10.6 Å². The van der Waals surface area contributed by atoms with Gasteiger partial charge < -0.3 is 4.74 Å². The third-order valence-corrected chi connectivity index (χ3v) is 4.28. The molecule has 0 spiro atoms. The van der Waals surface area contributed by atoms with Gasteiger partial charge in [-0.3, -0.25) is 20.2 Å². The molecule has 0 bridgehead atoms. The van der Waals surface area contributed by atoms with Crippen LogP contribution in [-0.4, -0.2) is 24.4 Å². The van der Waals surface area contributed by atoms with E-state index in [1.54, 1.807) is 0 Å². The molecule has 27 heavy (non-hydrogen) atoms. The van der Waals surface area contributed by atoms with Crippen molar-refractivity contribution in [2.75, 3.05) is 0 Å². The third kappa shape index (κ3) is 5.10. The minimum atomic E-state index is -2.94. The van der Waals surface area contributed by atoms with Crippen molar-refractivity contribution in [3.8, 4) is 5.75 Å². The maximum absolute atomic E-state index is 12.3. The zero-order chi connectivity index (χ0) is 19.4. The van der Waals surface area contributed by atoms with E-state index in [0.717, 1.165) is 10.0 Å². The molecule has 0 saturated heterocycles. The van der Waals surface area contributed by atoms with Crippen molar-refractivity contribution in [1.29, 1.82) is 0 Å². The molecule has 2 amide bonds. The molecule has 0 aliphatic carbocycles. The normalized spacial score (nSPS) is 16.5. The van der Waals surface area contributed by atoms with Gasteiger partial charge >= 0.3 is 6.61 Å². The molecule has 2 aromatic rings. The van der Waals surface area contributed by atoms with Gasteiger partial charge in [0, 0.05) is 10.0 Å². The molecular weight excluding hydrogens is 424 g/mol. The highest BCUT2D eigenvalue weighted by molar-refractivity contribution is 9.10. The standard InChI is InChI=1S/C18H14BrF2N3O3/c19-12-5-1-10(2-6-12)14-9-15(25)23-18(22-14)24-16(26)11-3-7-13(8-4-11)27-17(20)21/h1-8,14,17H,9H2,(H2,22,23,24,25,26)/t14-/m1/s1. The van der Waals surface area contributed by atoms with Crippen LogP contribution in [0.15, 0.2) is 58.0 Å². The lowest BCUT2D eigenvalue weighted by Crippen LogP contribution is -2.47. The highest BCUT2D eigenvalue weighted by atomic mass is 79.9. The van der Waals surface area contributed by atoms with Gasteiger partial charge in [-0.1, -0.05) is 28.1 Å². The Kier molecular flexibility index (Phi) is 5.80. The molecule has 1 heterocycles. The lowest BCUT2D eigenvalue weighted by molar-refractivity contribution is -0.120. The van der Waals surface area contributed by atoms with Crippen molar-refractivity contribution >= 4 is 33.7 Å². The van der Waals surface area contributed by atoms with Crippen molar-refractivity contribution in [3.05, 3.63) is 64.1 Å². The minimum Gasteiger partial charge on any atom is -0.435 e. The molecule has 6 nitrogen and oxygen atoms in total. The Morgan fingerprint density at radius 3 is 2.48 bits per heavy atom. The van der Waals surface area contributed by atoms with E-state index in [1.165, 1.54) is 24.3 Å². The molecule has 1 aliphatic rings. The van der Waals surface area contributed by atoms with Gasteiger partial charge in [0.15, 0.2) is 0 Å². The molecule has 3 rings (SSSR count). The highest BCUT2D eigenvalue weighted by Gasteiger charge is 2.23. The highest BCUT2D eigenvalue weighted by Crippen LogP contribution is 2.25. The largest absolute Gasteiger partial charge is 0.435 e. The zero-order valence-corrected chi connectivity index (χ0v) is 15.4. The molecule has 9 heteroatoms. The first-order valence-corrected chi connectivity index (χ1v) is 8.69. The maximum Gasteiger partial charge on any atom is 0.387 e. The average molecular weight is 438 g/mol. The van der Waals surface area contributed by atoms with Crippen molar-refractivity contribution in [3.63, 3.8) is 0 Å². The van der Waals surface area contributed by atoms with Crippen LogP contribution in [0.2, 0.25) is 0 Å². The molecule has 0 fully saturated rings. The van der Waals surface area contributed by atoms with Gasteiger partial charge in [-0.2, -0.15) is 8.78 Å². The number of ether oxygens (including phenoxy) is 1. The van der Waals surface area contributed by atoms with Crippen molar-refractivity contribution in [2.24, 2.45) is 4.99 Å². The molecule has 0 unspecified atom stereocenters. The van der Waals surface area contributed by atoms with Crippen LogP contribution in [0.4, 0.5) is 8.78 Å². The number of rotatable bonds is 4. The first-order valence-electron chi connectivity index (χ1n) is 7.90. The summed E-state index contributed by atoms with van der Waals surface area (Å²) in [6.07, 6.45) is 0.167. The van der Waals surface area contributed by atoms with Gasteiger partial charge in [0.1, 0.15) is 5.75 Å². The van der Waals surface area contributed by atoms with E-state index >= 15 is 0 Å². The quantitative estimate of drug-likeness (QED) is 0.768. The summed E-state index contributed by atoms with van der Waals surface area (Å²) >= 11 is 3.35. The number of alkyl halides is 2. The second-order valence-electron chi connectivity index (χ2n) is 5.65. The third-order valence-electron chi connectivity index (χ3n) is 3.75.